The zero-order chi connectivity index (χ0) is 27.8. The summed E-state index contributed by atoms with van der Waals surface area (Å²) in [6.45, 7) is 4.56. The molecule has 0 spiro atoms. The molecule has 0 unspecified atom stereocenters. The van der Waals surface area contributed by atoms with Crippen molar-refractivity contribution < 1.29 is 0 Å². The first-order valence-electron chi connectivity index (χ1n) is 15.2. The summed E-state index contributed by atoms with van der Waals surface area (Å²) in [7, 11) is 0. The molecule has 0 amide bonds. The lowest BCUT2D eigenvalue weighted by atomic mass is 9.92. The molecule has 1 heteroatoms. The maximum absolute atomic E-state index is 2.48. The fraction of sp³-hybridized carbons (Fsp3) is 0.200. The Morgan fingerprint density at radius 1 is 0.488 bits per heavy atom. The van der Waals surface area contributed by atoms with Crippen LogP contribution in [0.4, 0.5) is 0 Å². The number of rotatable bonds is 8. The Morgan fingerprint density at radius 2 is 1.12 bits per heavy atom. The van der Waals surface area contributed by atoms with E-state index in [1.165, 1.54) is 101 Å². The Hall–Kier alpha value is -3.94. The second kappa shape index (κ2) is 11.1. The molecule has 0 N–H and O–H groups in total. The van der Waals surface area contributed by atoms with Crippen LogP contribution >= 0.6 is 11.3 Å². The van der Waals surface area contributed by atoms with Crippen molar-refractivity contribution >= 4 is 53.1 Å². The van der Waals surface area contributed by atoms with Gasteiger partial charge in [-0.3, -0.25) is 0 Å². The minimum Gasteiger partial charge on any atom is -0.135 e. The van der Waals surface area contributed by atoms with E-state index in [1.54, 1.807) is 0 Å². The number of fused-ring (bicyclic) bond motifs is 6. The van der Waals surface area contributed by atoms with E-state index in [9.17, 15) is 0 Å². The summed E-state index contributed by atoms with van der Waals surface area (Å²) < 4.78 is 2.81. The highest BCUT2D eigenvalue weighted by Gasteiger charge is 2.14. The van der Waals surface area contributed by atoms with Crippen LogP contribution in [0.2, 0.25) is 0 Å². The second-order valence-electron chi connectivity index (χ2n) is 11.4. The van der Waals surface area contributed by atoms with Gasteiger partial charge in [0.1, 0.15) is 0 Å². The minimum atomic E-state index is 1.13. The fourth-order valence-corrected chi connectivity index (χ4v) is 7.58. The summed E-state index contributed by atoms with van der Waals surface area (Å²) in [5.41, 5.74) is 8.17. The van der Waals surface area contributed by atoms with E-state index in [0.29, 0.717) is 0 Å². The molecule has 0 nitrogen and oxygen atoms in total. The molecule has 1 heterocycles. The van der Waals surface area contributed by atoms with Crippen LogP contribution in [0.1, 0.15) is 50.7 Å². The molecular formula is C40H36S. The number of thiophene rings is 1. The molecule has 0 atom stereocenters. The third-order valence-corrected chi connectivity index (χ3v) is 9.83. The van der Waals surface area contributed by atoms with Gasteiger partial charge in [-0.1, -0.05) is 106 Å². The average molecular weight is 549 g/mol. The third-order valence-electron chi connectivity index (χ3n) is 8.61. The van der Waals surface area contributed by atoms with E-state index >= 15 is 0 Å². The van der Waals surface area contributed by atoms with Gasteiger partial charge in [-0.05, 0) is 111 Å². The predicted molar refractivity (Wildman–Crippen MR) is 182 cm³/mol. The van der Waals surface area contributed by atoms with Crippen LogP contribution in [0.25, 0.3) is 64.0 Å². The molecule has 0 aliphatic heterocycles. The van der Waals surface area contributed by atoms with Gasteiger partial charge in [0, 0.05) is 20.2 Å². The van der Waals surface area contributed by atoms with Gasteiger partial charge in [0.2, 0.25) is 0 Å². The van der Waals surface area contributed by atoms with Crippen LogP contribution < -0.4 is 0 Å². The number of hydrogen-bond acceptors (Lipinski definition) is 1. The molecule has 7 rings (SSSR count). The summed E-state index contributed by atoms with van der Waals surface area (Å²) in [4.78, 5) is 0. The van der Waals surface area contributed by atoms with Crippen molar-refractivity contribution in [3.05, 3.63) is 120 Å². The normalized spacial score (nSPS) is 11.8. The van der Waals surface area contributed by atoms with Crippen molar-refractivity contribution in [3.8, 4) is 22.3 Å². The van der Waals surface area contributed by atoms with Gasteiger partial charge in [0.05, 0.1) is 0 Å². The van der Waals surface area contributed by atoms with Crippen molar-refractivity contribution in [1.29, 1.82) is 0 Å². The first-order valence-corrected chi connectivity index (χ1v) is 16.0. The summed E-state index contributed by atoms with van der Waals surface area (Å²) in [5, 5.41) is 8.09. The molecule has 7 aromatic rings. The monoisotopic (exact) mass is 548 g/mol. The van der Waals surface area contributed by atoms with E-state index in [-0.39, 0.29) is 0 Å². The Balaban J connectivity index is 1.36. The predicted octanol–water partition coefficient (Wildman–Crippen LogP) is 12.4. The van der Waals surface area contributed by atoms with Crippen molar-refractivity contribution in [2.24, 2.45) is 0 Å². The van der Waals surface area contributed by atoms with Gasteiger partial charge in [-0.15, -0.1) is 11.3 Å². The molecule has 0 radical (unpaired) electrons. The lowest BCUT2D eigenvalue weighted by Crippen LogP contribution is -1.89. The van der Waals surface area contributed by atoms with Crippen LogP contribution in [-0.2, 0) is 12.8 Å². The molecule has 0 bridgehead atoms. The molecule has 6 aromatic carbocycles. The van der Waals surface area contributed by atoms with E-state index < -0.39 is 0 Å². The maximum Gasteiger partial charge on any atom is 0.0434 e. The molecule has 0 saturated carbocycles. The Kier molecular flexibility index (Phi) is 7.07. The summed E-state index contributed by atoms with van der Waals surface area (Å²) in [6, 6.07) is 41.4. The van der Waals surface area contributed by atoms with Crippen LogP contribution in [0.15, 0.2) is 109 Å². The van der Waals surface area contributed by atoms with Crippen molar-refractivity contribution in [2.45, 2.75) is 52.4 Å². The van der Waals surface area contributed by atoms with Crippen LogP contribution in [-0.4, -0.2) is 0 Å². The number of aryl methyl sites for hydroxylation is 2. The Morgan fingerprint density at radius 3 is 1.88 bits per heavy atom. The SMILES string of the molecule is CCCCc1ccc2sc3c(-c4ccc(-c5cc6ccccc6c6ccccc56)cc4)cc(CCCC)cc3c2c1. The lowest BCUT2D eigenvalue weighted by molar-refractivity contribution is 0.795. The van der Waals surface area contributed by atoms with Crippen LogP contribution in [0.5, 0.6) is 0 Å². The molecule has 0 saturated heterocycles. The lowest BCUT2D eigenvalue weighted by Gasteiger charge is -2.12. The largest absolute Gasteiger partial charge is 0.135 e. The van der Waals surface area contributed by atoms with Gasteiger partial charge in [0.15, 0.2) is 0 Å². The first-order chi connectivity index (χ1) is 20.2. The summed E-state index contributed by atoms with van der Waals surface area (Å²) >= 11 is 1.95. The molecule has 0 aliphatic rings. The zero-order valence-electron chi connectivity index (χ0n) is 24.0. The molecular weight excluding hydrogens is 513 g/mol. The molecule has 202 valence electrons. The van der Waals surface area contributed by atoms with Gasteiger partial charge in [-0.25, -0.2) is 0 Å². The van der Waals surface area contributed by atoms with E-state index in [4.69, 9.17) is 0 Å². The second-order valence-corrected chi connectivity index (χ2v) is 12.5. The molecule has 0 fully saturated rings. The van der Waals surface area contributed by atoms with Crippen molar-refractivity contribution in [3.63, 3.8) is 0 Å². The highest BCUT2D eigenvalue weighted by molar-refractivity contribution is 7.26. The number of benzene rings is 6. The van der Waals surface area contributed by atoms with Gasteiger partial charge >= 0.3 is 0 Å². The maximum atomic E-state index is 2.48. The molecule has 0 aliphatic carbocycles. The van der Waals surface area contributed by atoms with Crippen molar-refractivity contribution in [2.75, 3.05) is 0 Å². The number of unbranched alkanes of at least 4 members (excludes halogenated alkanes) is 2. The third kappa shape index (κ3) is 4.83. The minimum absolute atomic E-state index is 1.13. The Labute approximate surface area is 247 Å². The molecule has 1 aromatic heterocycles. The topological polar surface area (TPSA) is 0 Å². The Bertz CT molecular complexity index is 2010. The summed E-state index contributed by atoms with van der Waals surface area (Å²) in [6.07, 6.45) is 7.22. The van der Waals surface area contributed by atoms with Gasteiger partial charge in [-0.2, -0.15) is 0 Å². The van der Waals surface area contributed by atoms with Gasteiger partial charge < -0.3 is 0 Å². The molecule has 41 heavy (non-hydrogen) atoms. The quantitative estimate of drug-likeness (QED) is 0.166. The summed E-state index contributed by atoms with van der Waals surface area (Å²) in [5.74, 6) is 0. The number of hydrogen-bond donors (Lipinski definition) is 0. The van der Waals surface area contributed by atoms with E-state index in [1.807, 2.05) is 11.3 Å². The standard InChI is InChI=1S/C40H36S/c1-3-5-11-27-17-22-39-37(23-27)38-25-28(12-6-4-2)24-36(40(38)41-39)30-20-18-29(19-21-30)35-26-31-13-7-8-14-32(31)33-15-9-10-16-34(33)35/h7-10,13-26H,3-6,11-12H2,1-2H3. The average Bonchev–Trinajstić information content (AvgIpc) is 3.40. The highest BCUT2D eigenvalue weighted by atomic mass is 32.1. The van der Waals surface area contributed by atoms with Crippen LogP contribution in [0, 0.1) is 0 Å². The van der Waals surface area contributed by atoms with Crippen molar-refractivity contribution in [1.82, 2.24) is 0 Å². The van der Waals surface area contributed by atoms with E-state index in [0.717, 1.165) is 12.8 Å². The fourth-order valence-electron chi connectivity index (χ4n) is 6.38. The van der Waals surface area contributed by atoms with E-state index in [2.05, 4.69) is 123 Å². The first kappa shape index (κ1) is 26.0. The van der Waals surface area contributed by atoms with Crippen LogP contribution in [0.3, 0.4) is 0 Å². The van der Waals surface area contributed by atoms with Gasteiger partial charge in [0.25, 0.3) is 0 Å². The zero-order valence-corrected chi connectivity index (χ0v) is 24.9. The highest BCUT2D eigenvalue weighted by Crippen LogP contribution is 2.42. The smallest absolute Gasteiger partial charge is 0.0434 e.